The van der Waals surface area contributed by atoms with Gasteiger partial charge in [-0.1, -0.05) is 6.92 Å². The van der Waals surface area contributed by atoms with E-state index >= 15 is 0 Å². The Bertz CT molecular complexity index is 261. The molecule has 0 aromatic carbocycles. The van der Waals surface area contributed by atoms with Gasteiger partial charge in [0.1, 0.15) is 12.2 Å². The second-order valence-electron chi connectivity index (χ2n) is 3.17. The predicted molar refractivity (Wildman–Crippen MR) is 60.4 cm³/mol. The van der Waals surface area contributed by atoms with E-state index in [9.17, 15) is 0 Å². The average Bonchev–Trinajstić information content (AvgIpc) is 2.65. The van der Waals surface area contributed by atoms with E-state index in [1.54, 1.807) is 6.33 Å². The normalized spacial score (nSPS) is 13.1. The molecule has 1 aromatic rings. The molecule has 14 heavy (non-hydrogen) atoms. The highest BCUT2D eigenvalue weighted by atomic mass is 32.2. The highest BCUT2D eigenvalue weighted by Crippen LogP contribution is 2.03. The van der Waals surface area contributed by atoms with E-state index in [1.165, 1.54) is 0 Å². The molecule has 1 heterocycles. The van der Waals surface area contributed by atoms with Crippen LogP contribution >= 0.6 is 11.8 Å². The standard InChI is InChI=1S/C9H18N4S/c1-4-13-9(11-7-12-13)6-10-5-8(2)14-3/h7-8,10H,4-6H2,1-3H3. The van der Waals surface area contributed by atoms with Crippen molar-refractivity contribution < 1.29 is 0 Å². The summed E-state index contributed by atoms with van der Waals surface area (Å²) in [5, 5.41) is 8.13. The monoisotopic (exact) mass is 214 g/mol. The molecule has 5 heteroatoms. The number of hydrogen-bond donors (Lipinski definition) is 1. The van der Waals surface area contributed by atoms with Crippen molar-refractivity contribution in [2.24, 2.45) is 0 Å². The van der Waals surface area contributed by atoms with Crippen molar-refractivity contribution in [3.63, 3.8) is 0 Å². The molecular formula is C9H18N4S. The minimum absolute atomic E-state index is 0.646. The number of hydrogen-bond acceptors (Lipinski definition) is 4. The van der Waals surface area contributed by atoms with E-state index < -0.39 is 0 Å². The summed E-state index contributed by atoms with van der Waals surface area (Å²) in [6, 6.07) is 0. The maximum Gasteiger partial charge on any atom is 0.140 e. The van der Waals surface area contributed by atoms with E-state index in [0.29, 0.717) is 5.25 Å². The fraction of sp³-hybridized carbons (Fsp3) is 0.778. The van der Waals surface area contributed by atoms with Crippen LogP contribution in [-0.2, 0) is 13.1 Å². The average molecular weight is 214 g/mol. The highest BCUT2D eigenvalue weighted by molar-refractivity contribution is 7.99. The first-order valence-electron chi connectivity index (χ1n) is 4.88. The molecule has 0 amide bonds. The highest BCUT2D eigenvalue weighted by Gasteiger charge is 2.03. The minimum atomic E-state index is 0.646. The van der Waals surface area contributed by atoms with Gasteiger partial charge in [-0.2, -0.15) is 16.9 Å². The summed E-state index contributed by atoms with van der Waals surface area (Å²) in [4.78, 5) is 4.19. The quantitative estimate of drug-likeness (QED) is 0.771. The van der Waals surface area contributed by atoms with Crippen molar-refractivity contribution in [1.29, 1.82) is 0 Å². The van der Waals surface area contributed by atoms with Gasteiger partial charge in [0.05, 0.1) is 6.54 Å². The largest absolute Gasteiger partial charge is 0.309 e. The molecule has 1 rings (SSSR count). The van der Waals surface area contributed by atoms with Crippen LogP contribution in [0.1, 0.15) is 19.7 Å². The second-order valence-corrected chi connectivity index (χ2v) is 4.45. The molecule has 0 saturated heterocycles. The van der Waals surface area contributed by atoms with E-state index in [-0.39, 0.29) is 0 Å². The third-order valence-corrected chi connectivity index (χ3v) is 3.08. The van der Waals surface area contributed by atoms with Crippen LogP contribution in [0.5, 0.6) is 0 Å². The van der Waals surface area contributed by atoms with E-state index in [0.717, 1.165) is 25.5 Å². The fourth-order valence-electron chi connectivity index (χ4n) is 1.16. The molecular weight excluding hydrogens is 196 g/mol. The topological polar surface area (TPSA) is 42.7 Å². The Hall–Kier alpha value is -0.550. The third-order valence-electron chi connectivity index (χ3n) is 2.11. The summed E-state index contributed by atoms with van der Waals surface area (Å²) in [7, 11) is 0. The Morgan fingerprint density at radius 1 is 1.64 bits per heavy atom. The van der Waals surface area contributed by atoms with Gasteiger partial charge in [0.25, 0.3) is 0 Å². The summed E-state index contributed by atoms with van der Waals surface area (Å²) in [6.07, 6.45) is 3.74. The molecule has 0 aliphatic carbocycles. The van der Waals surface area contributed by atoms with Crippen LogP contribution in [0.3, 0.4) is 0 Å². The van der Waals surface area contributed by atoms with Crippen molar-refractivity contribution in [3.05, 3.63) is 12.2 Å². The lowest BCUT2D eigenvalue weighted by molar-refractivity contribution is 0.573. The first kappa shape index (κ1) is 11.5. The van der Waals surface area contributed by atoms with Gasteiger partial charge in [-0.05, 0) is 13.2 Å². The molecule has 0 bridgehead atoms. The van der Waals surface area contributed by atoms with Gasteiger partial charge in [0.2, 0.25) is 0 Å². The molecule has 0 saturated carbocycles. The molecule has 4 nitrogen and oxygen atoms in total. The SMILES string of the molecule is CCn1ncnc1CNCC(C)SC. The summed E-state index contributed by atoms with van der Waals surface area (Å²) in [5.74, 6) is 1.01. The number of thioether (sulfide) groups is 1. The van der Waals surface area contributed by atoms with Gasteiger partial charge in [-0.25, -0.2) is 9.67 Å². The zero-order valence-electron chi connectivity index (χ0n) is 9.03. The van der Waals surface area contributed by atoms with Gasteiger partial charge in [0.15, 0.2) is 0 Å². The molecule has 80 valence electrons. The van der Waals surface area contributed by atoms with Crippen LogP contribution in [0, 0.1) is 0 Å². The maximum absolute atomic E-state index is 4.19. The van der Waals surface area contributed by atoms with Crippen LogP contribution in [-0.4, -0.2) is 32.8 Å². The fourth-order valence-corrected chi connectivity index (χ4v) is 1.44. The molecule has 0 aliphatic rings. The van der Waals surface area contributed by atoms with E-state index in [1.807, 2.05) is 16.4 Å². The number of aryl methyl sites for hydroxylation is 1. The number of aromatic nitrogens is 3. The maximum atomic E-state index is 4.19. The minimum Gasteiger partial charge on any atom is -0.309 e. The zero-order valence-corrected chi connectivity index (χ0v) is 9.84. The second kappa shape index (κ2) is 6.03. The third kappa shape index (κ3) is 3.31. The van der Waals surface area contributed by atoms with Gasteiger partial charge in [-0.3, -0.25) is 0 Å². The number of nitrogens with one attached hydrogen (secondary N) is 1. The van der Waals surface area contributed by atoms with E-state index in [4.69, 9.17) is 0 Å². The lowest BCUT2D eigenvalue weighted by Gasteiger charge is -2.09. The van der Waals surface area contributed by atoms with Crippen LogP contribution < -0.4 is 5.32 Å². The van der Waals surface area contributed by atoms with Crippen LogP contribution in [0.4, 0.5) is 0 Å². The number of nitrogens with zero attached hydrogens (tertiary/aromatic N) is 3. The van der Waals surface area contributed by atoms with Crippen molar-refractivity contribution in [3.8, 4) is 0 Å². The molecule has 0 radical (unpaired) electrons. The Labute approximate surface area is 89.5 Å². The molecule has 0 spiro atoms. The lowest BCUT2D eigenvalue weighted by Crippen LogP contribution is -2.24. The van der Waals surface area contributed by atoms with Crippen molar-refractivity contribution >= 4 is 11.8 Å². The molecule has 0 aliphatic heterocycles. The van der Waals surface area contributed by atoms with Gasteiger partial charge in [-0.15, -0.1) is 0 Å². The smallest absolute Gasteiger partial charge is 0.140 e. The van der Waals surface area contributed by atoms with E-state index in [2.05, 4.69) is 35.5 Å². The zero-order chi connectivity index (χ0) is 10.4. The molecule has 1 atom stereocenters. The summed E-state index contributed by atoms with van der Waals surface area (Å²) < 4.78 is 1.91. The van der Waals surface area contributed by atoms with Crippen LogP contribution in [0.25, 0.3) is 0 Å². The van der Waals surface area contributed by atoms with Gasteiger partial charge < -0.3 is 5.32 Å². The number of rotatable bonds is 6. The summed E-state index contributed by atoms with van der Waals surface area (Å²) >= 11 is 1.87. The van der Waals surface area contributed by atoms with Crippen molar-refractivity contribution in [1.82, 2.24) is 20.1 Å². The molecule has 1 aromatic heterocycles. The predicted octanol–water partition coefficient (Wildman–Crippen LogP) is 1.14. The first-order valence-corrected chi connectivity index (χ1v) is 6.17. The summed E-state index contributed by atoms with van der Waals surface area (Å²) in [6.45, 7) is 6.98. The first-order chi connectivity index (χ1) is 6.77. The molecule has 0 fully saturated rings. The van der Waals surface area contributed by atoms with Crippen molar-refractivity contribution in [2.75, 3.05) is 12.8 Å². The Morgan fingerprint density at radius 3 is 3.07 bits per heavy atom. The van der Waals surface area contributed by atoms with Crippen LogP contribution in [0.2, 0.25) is 0 Å². The van der Waals surface area contributed by atoms with Crippen LogP contribution in [0.15, 0.2) is 6.33 Å². The summed E-state index contributed by atoms with van der Waals surface area (Å²) in [5.41, 5.74) is 0. The Kier molecular flexibility index (Phi) is 4.97. The van der Waals surface area contributed by atoms with Gasteiger partial charge in [0, 0.05) is 18.3 Å². The van der Waals surface area contributed by atoms with Gasteiger partial charge >= 0.3 is 0 Å². The molecule has 1 N–H and O–H groups in total. The van der Waals surface area contributed by atoms with Crippen molar-refractivity contribution in [2.45, 2.75) is 32.2 Å². The lowest BCUT2D eigenvalue weighted by atomic mass is 10.4. The Morgan fingerprint density at radius 2 is 2.43 bits per heavy atom. The Balaban J connectivity index is 2.31. The molecule has 1 unspecified atom stereocenters.